The van der Waals surface area contributed by atoms with Gasteiger partial charge < -0.3 is 28.4 Å². The smallest absolute Gasteiger partial charge is 0.343 e. The number of esters is 1. The first-order valence-electron chi connectivity index (χ1n) is 16.7. The second-order valence-electron chi connectivity index (χ2n) is 12.3. The molecule has 0 saturated carbocycles. The summed E-state index contributed by atoms with van der Waals surface area (Å²) in [4.78, 5) is 34.2. The molecule has 0 radical (unpaired) electrons. The molecule has 266 valence electrons. The van der Waals surface area contributed by atoms with E-state index in [4.69, 9.17) is 28.4 Å². The topological polar surface area (TPSA) is 102 Å². The van der Waals surface area contributed by atoms with Gasteiger partial charge in [0.05, 0.1) is 33.8 Å². The first-order valence-corrected chi connectivity index (χ1v) is 17.5. The van der Waals surface area contributed by atoms with E-state index in [-0.39, 0.29) is 23.7 Å². The third kappa shape index (κ3) is 6.97. The highest BCUT2D eigenvalue weighted by Gasteiger charge is 2.53. The van der Waals surface area contributed by atoms with Crippen LogP contribution in [0.5, 0.6) is 28.9 Å². The number of rotatable bonds is 12. The molecule has 0 saturated heterocycles. The average molecular weight is 718 g/mol. The van der Waals surface area contributed by atoms with Crippen molar-refractivity contribution in [1.29, 1.82) is 0 Å². The Morgan fingerprint density at radius 3 is 2.21 bits per heavy atom. The van der Waals surface area contributed by atoms with Gasteiger partial charge in [0.25, 0.3) is 0 Å². The summed E-state index contributed by atoms with van der Waals surface area (Å²) >= 11 is 1.28. The Hall–Kier alpha value is -5.66. The standard InChI is InChI=1S/C42H39NO8S/c1-26-21-30-22-29-17-19-42(27(2)44,38(29)39(48-5)37(30)40(43-26)49-6)36(18-20-52-31-15-11-8-12-16-31)51-41(45)32-23-34(46-3)35(47-4)24-33(32)50-25-28-13-9-7-10-14-28/h7-16,21-24,36H,17,19,25H2,1-6H3. The number of carbonyl (C=O) groups is 2. The quantitative estimate of drug-likeness (QED) is 0.0719. The fraction of sp³-hybridized carbons (Fsp3) is 0.262. The number of benzene rings is 4. The maximum absolute atomic E-state index is 14.5. The Morgan fingerprint density at radius 1 is 0.865 bits per heavy atom. The first-order chi connectivity index (χ1) is 25.2. The van der Waals surface area contributed by atoms with E-state index in [2.05, 4.69) is 16.2 Å². The number of ether oxygens (including phenoxy) is 6. The molecule has 2 atom stereocenters. The van der Waals surface area contributed by atoms with E-state index >= 15 is 0 Å². The van der Waals surface area contributed by atoms with E-state index in [9.17, 15) is 9.59 Å². The molecule has 0 bridgehead atoms. The van der Waals surface area contributed by atoms with Crippen LogP contribution in [-0.4, -0.2) is 51.3 Å². The third-order valence-electron chi connectivity index (χ3n) is 9.23. The molecule has 0 spiro atoms. The van der Waals surface area contributed by atoms with Crippen LogP contribution in [0.1, 0.15) is 46.1 Å². The molecule has 0 amide bonds. The Morgan fingerprint density at radius 2 is 1.56 bits per heavy atom. The summed E-state index contributed by atoms with van der Waals surface area (Å²) in [6, 6.07) is 26.3. The molecule has 1 aliphatic rings. The van der Waals surface area contributed by atoms with Crippen LogP contribution < -0.4 is 23.7 Å². The Labute approximate surface area is 307 Å². The summed E-state index contributed by atoms with van der Waals surface area (Å²) in [6.07, 6.45) is -0.389. The zero-order valence-corrected chi connectivity index (χ0v) is 30.7. The van der Waals surface area contributed by atoms with E-state index in [1.165, 1.54) is 39.0 Å². The van der Waals surface area contributed by atoms with Gasteiger partial charge in [-0.05, 0) is 84.3 Å². The fourth-order valence-electron chi connectivity index (χ4n) is 6.76. The molecule has 0 aliphatic heterocycles. The lowest BCUT2D eigenvalue weighted by Crippen LogP contribution is -2.46. The van der Waals surface area contributed by atoms with Crippen molar-refractivity contribution in [2.45, 2.75) is 49.7 Å². The monoisotopic (exact) mass is 717 g/mol. The van der Waals surface area contributed by atoms with Crippen molar-refractivity contribution in [2.24, 2.45) is 0 Å². The Balaban J connectivity index is 1.50. The van der Waals surface area contributed by atoms with Crippen LogP contribution in [0.25, 0.3) is 10.8 Å². The number of carbonyl (C=O) groups excluding carboxylic acids is 2. The van der Waals surface area contributed by atoms with Crippen LogP contribution in [0, 0.1) is 18.1 Å². The molecule has 10 heteroatoms. The SMILES string of the molecule is COc1cc(OCc2ccccc2)c(C(=O)OC(C#CSc2ccccc2)C2(C(C)=O)CCc3cc4cc(C)nc(OC)c4c(OC)c32)cc1OC. The molecule has 6 rings (SSSR count). The minimum Gasteiger partial charge on any atom is -0.496 e. The lowest BCUT2D eigenvalue weighted by atomic mass is 9.72. The van der Waals surface area contributed by atoms with E-state index in [0.717, 1.165) is 27.1 Å². The van der Waals surface area contributed by atoms with Crippen LogP contribution >= 0.6 is 11.8 Å². The van der Waals surface area contributed by atoms with Crippen LogP contribution in [-0.2, 0) is 28.0 Å². The second-order valence-corrected chi connectivity index (χ2v) is 13.1. The predicted octanol–water partition coefficient (Wildman–Crippen LogP) is 7.91. The van der Waals surface area contributed by atoms with Gasteiger partial charge in [-0.1, -0.05) is 54.6 Å². The molecule has 2 unspecified atom stereocenters. The number of hydrogen-bond donors (Lipinski definition) is 0. The summed E-state index contributed by atoms with van der Waals surface area (Å²) in [7, 11) is 6.08. The van der Waals surface area contributed by atoms with Crippen molar-refractivity contribution in [3.05, 3.63) is 113 Å². The highest BCUT2D eigenvalue weighted by atomic mass is 32.2. The zero-order valence-electron chi connectivity index (χ0n) is 29.9. The molecule has 5 aromatic rings. The number of pyridine rings is 1. The summed E-state index contributed by atoms with van der Waals surface area (Å²) in [5.74, 6) is 3.90. The number of aromatic nitrogens is 1. The number of thioether (sulfide) groups is 1. The number of Topliss-reactive ketones (excluding diaryl/α,β-unsaturated/α-hetero) is 1. The zero-order chi connectivity index (χ0) is 36.8. The van der Waals surface area contributed by atoms with Gasteiger partial charge in [-0.3, -0.25) is 4.79 Å². The largest absolute Gasteiger partial charge is 0.496 e. The van der Waals surface area contributed by atoms with Crippen LogP contribution in [0.2, 0.25) is 0 Å². The molecular formula is C42H39NO8S. The van der Waals surface area contributed by atoms with Crippen molar-refractivity contribution in [3.8, 4) is 40.1 Å². The van der Waals surface area contributed by atoms with Crippen molar-refractivity contribution < 1.29 is 38.0 Å². The summed E-state index contributed by atoms with van der Waals surface area (Å²) in [5, 5.41) is 4.62. The molecule has 1 aliphatic carbocycles. The minimum absolute atomic E-state index is 0.0832. The van der Waals surface area contributed by atoms with Crippen LogP contribution in [0.15, 0.2) is 89.8 Å². The lowest BCUT2D eigenvalue weighted by molar-refractivity contribution is -0.125. The highest BCUT2D eigenvalue weighted by Crippen LogP contribution is 2.52. The van der Waals surface area contributed by atoms with Crippen molar-refractivity contribution in [3.63, 3.8) is 0 Å². The lowest BCUT2D eigenvalue weighted by Gasteiger charge is -2.34. The van der Waals surface area contributed by atoms with Gasteiger partial charge in [0, 0.05) is 28.3 Å². The van der Waals surface area contributed by atoms with Gasteiger partial charge in [-0.25, -0.2) is 9.78 Å². The molecule has 52 heavy (non-hydrogen) atoms. The van der Waals surface area contributed by atoms with E-state index in [0.29, 0.717) is 46.9 Å². The first kappa shape index (κ1) is 36.1. The normalized spacial score (nSPS) is 15.1. The number of methoxy groups -OCH3 is 4. The number of fused-ring (bicyclic) bond motifs is 2. The van der Waals surface area contributed by atoms with E-state index in [1.54, 1.807) is 20.3 Å². The van der Waals surface area contributed by atoms with E-state index in [1.807, 2.05) is 79.7 Å². The van der Waals surface area contributed by atoms with E-state index < -0.39 is 17.5 Å². The Kier molecular flexibility index (Phi) is 10.9. The number of ketones is 1. The number of aryl methyl sites for hydroxylation is 2. The van der Waals surface area contributed by atoms with Crippen molar-refractivity contribution >= 4 is 34.3 Å². The fourth-order valence-corrected chi connectivity index (χ4v) is 7.34. The molecule has 0 fully saturated rings. The summed E-state index contributed by atoms with van der Waals surface area (Å²) < 4.78 is 35.5. The molecule has 4 aromatic carbocycles. The highest BCUT2D eigenvalue weighted by molar-refractivity contribution is 8.03. The van der Waals surface area contributed by atoms with Gasteiger partial charge >= 0.3 is 5.97 Å². The molecule has 0 N–H and O–H groups in total. The van der Waals surface area contributed by atoms with Crippen LogP contribution in [0.4, 0.5) is 0 Å². The summed E-state index contributed by atoms with van der Waals surface area (Å²) in [5.41, 5.74) is 1.85. The predicted molar refractivity (Wildman–Crippen MR) is 200 cm³/mol. The minimum atomic E-state index is -1.40. The molecule has 9 nitrogen and oxygen atoms in total. The second kappa shape index (κ2) is 15.7. The third-order valence-corrected chi connectivity index (χ3v) is 9.96. The average Bonchev–Trinajstić information content (AvgIpc) is 3.56. The molecule has 1 heterocycles. The Bertz CT molecular complexity index is 2180. The number of nitrogens with zero attached hydrogens (tertiary/aromatic N) is 1. The van der Waals surface area contributed by atoms with Crippen molar-refractivity contribution in [1.82, 2.24) is 4.98 Å². The number of hydrogen-bond acceptors (Lipinski definition) is 10. The molecular weight excluding hydrogens is 679 g/mol. The van der Waals surface area contributed by atoms with Gasteiger partial charge in [-0.15, -0.1) is 0 Å². The molecule has 1 aromatic heterocycles. The van der Waals surface area contributed by atoms with Gasteiger partial charge in [-0.2, -0.15) is 0 Å². The maximum Gasteiger partial charge on any atom is 0.343 e. The van der Waals surface area contributed by atoms with Gasteiger partial charge in [0.15, 0.2) is 17.6 Å². The van der Waals surface area contributed by atoms with Gasteiger partial charge in [0.1, 0.15) is 34.9 Å². The van der Waals surface area contributed by atoms with Gasteiger partial charge in [0.2, 0.25) is 5.88 Å². The van der Waals surface area contributed by atoms with Crippen molar-refractivity contribution in [2.75, 3.05) is 28.4 Å². The summed E-state index contributed by atoms with van der Waals surface area (Å²) in [6.45, 7) is 3.57. The maximum atomic E-state index is 14.5. The van der Waals surface area contributed by atoms with Crippen LogP contribution in [0.3, 0.4) is 0 Å².